The van der Waals surface area contributed by atoms with Gasteiger partial charge in [-0.3, -0.25) is 4.79 Å². The zero-order valence-corrected chi connectivity index (χ0v) is 10.9. The van der Waals surface area contributed by atoms with Gasteiger partial charge in [0.05, 0.1) is 5.92 Å². The Balaban J connectivity index is 1.70. The third kappa shape index (κ3) is 4.09. The normalized spacial score (nSPS) is 32.3. The Morgan fingerprint density at radius 1 is 1.16 bits per heavy atom. The van der Waals surface area contributed by atoms with Gasteiger partial charge in [0.15, 0.2) is 0 Å². The van der Waals surface area contributed by atoms with Crippen molar-refractivity contribution in [3.8, 4) is 0 Å². The van der Waals surface area contributed by atoms with Crippen LogP contribution in [0, 0.1) is 11.8 Å². The number of nitrogens with one attached hydrogen (secondary N) is 2. The third-order valence-electron chi connectivity index (χ3n) is 4.25. The van der Waals surface area contributed by atoms with E-state index in [-0.39, 0.29) is 24.7 Å². The minimum atomic E-state index is -4.10. The average molecular weight is 278 g/mol. The Morgan fingerprint density at radius 3 is 2.37 bits per heavy atom. The van der Waals surface area contributed by atoms with Crippen LogP contribution in [0.3, 0.4) is 0 Å². The zero-order valence-electron chi connectivity index (χ0n) is 10.9. The largest absolute Gasteiger partial charge is 0.391 e. The molecule has 19 heavy (non-hydrogen) atoms. The second kappa shape index (κ2) is 6.11. The molecule has 2 rings (SSSR count). The van der Waals surface area contributed by atoms with Crippen molar-refractivity contribution >= 4 is 5.91 Å². The topological polar surface area (TPSA) is 41.1 Å². The van der Waals surface area contributed by atoms with Gasteiger partial charge in [0, 0.05) is 18.5 Å². The van der Waals surface area contributed by atoms with Crippen LogP contribution in [0.5, 0.6) is 0 Å². The Hall–Kier alpha value is -0.780. The fraction of sp³-hybridized carbons (Fsp3) is 0.923. The third-order valence-corrected chi connectivity index (χ3v) is 4.25. The van der Waals surface area contributed by atoms with Crippen LogP contribution in [-0.2, 0) is 4.79 Å². The SMILES string of the molecule is O=C(NCC1CCCN1)C1CCC(C(F)(F)F)CC1. The first kappa shape index (κ1) is 14.6. The molecule has 110 valence electrons. The number of amides is 1. The quantitative estimate of drug-likeness (QED) is 0.831. The Morgan fingerprint density at radius 2 is 1.84 bits per heavy atom. The number of carbonyl (C=O) groups is 1. The lowest BCUT2D eigenvalue weighted by Gasteiger charge is -2.29. The number of halogens is 3. The van der Waals surface area contributed by atoms with Crippen molar-refractivity contribution in [3.05, 3.63) is 0 Å². The van der Waals surface area contributed by atoms with E-state index in [1.165, 1.54) is 0 Å². The summed E-state index contributed by atoms with van der Waals surface area (Å²) in [6, 6.07) is 0.329. The summed E-state index contributed by atoms with van der Waals surface area (Å²) >= 11 is 0. The summed E-state index contributed by atoms with van der Waals surface area (Å²) in [7, 11) is 0. The van der Waals surface area contributed by atoms with Crippen LogP contribution in [0.2, 0.25) is 0 Å². The highest BCUT2D eigenvalue weighted by Crippen LogP contribution is 2.39. The molecule has 3 nitrogen and oxygen atoms in total. The van der Waals surface area contributed by atoms with Gasteiger partial charge >= 0.3 is 6.18 Å². The lowest BCUT2D eigenvalue weighted by atomic mass is 9.81. The molecule has 1 unspecified atom stereocenters. The van der Waals surface area contributed by atoms with E-state index in [0.717, 1.165) is 19.4 Å². The number of hydrogen-bond donors (Lipinski definition) is 2. The van der Waals surface area contributed by atoms with Gasteiger partial charge in [0.2, 0.25) is 5.91 Å². The van der Waals surface area contributed by atoms with E-state index in [1.54, 1.807) is 0 Å². The minimum Gasteiger partial charge on any atom is -0.354 e. The molecule has 0 radical (unpaired) electrons. The van der Waals surface area contributed by atoms with E-state index in [0.29, 0.717) is 25.4 Å². The standard InChI is InChI=1S/C13H21F3N2O/c14-13(15,16)10-5-3-9(4-6-10)12(19)18-8-11-2-1-7-17-11/h9-11,17H,1-8H2,(H,18,19). The summed E-state index contributed by atoms with van der Waals surface area (Å²) in [4.78, 5) is 11.9. The van der Waals surface area contributed by atoms with Crippen LogP contribution < -0.4 is 10.6 Å². The van der Waals surface area contributed by atoms with Crippen molar-refractivity contribution in [1.29, 1.82) is 0 Å². The predicted molar refractivity (Wildman–Crippen MR) is 65.5 cm³/mol. The molecular formula is C13H21F3N2O. The monoisotopic (exact) mass is 278 g/mol. The van der Waals surface area contributed by atoms with E-state index in [4.69, 9.17) is 0 Å². The fourth-order valence-corrected chi connectivity index (χ4v) is 2.98. The summed E-state index contributed by atoms with van der Waals surface area (Å²) < 4.78 is 37.5. The van der Waals surface area contributed by atoms with E-state index >= 15 is 0 Å². The smallest absolute Gasteiger partial charge is 0.354 e. The van der Waals surface area contributed by atoms with Gasteiger partial charge in [-0.05, 0) is 45.1 Å². The van der Waals surface area contributed by atoms with E-state index in [1.807, 2.05) is 0 Å². The first-order valence-corrected chi connectivity index (χ1v) is 7.04. The summed E-state index contributed by atoms with van der Waals surface area (Å²) in [5.74, 6) is -1.53. The number of hydrogen-bond acceptors (Lipinski definition) is 2. The number of alkyl halides is 3. The minimum absolute atomic E-state index is 0.0747. The Kier molecular flexibility index (Phi) is 4.71. The van der Waals surface area contributed by atoms with Gasteiger partial charge in [0.25, 0.3) is 0 Å². The molecule has 1 heterocycles. The molecule has 0 spiro atoms. The van der Waals surface area contributed by atoms with Gasteiger partial charge in [0.1, 0.15) is 0 Å². The van der Waals surface area contributed by atoms with Crippen molar-refractivity contribution in [1.82, 2.24) is 10.6 Å². The molecule has 1 amide bonds. The summed E-state index contributed by atoms with van der Waals surface area (Å²) in [6.07, 6.45) is -1.04. The molecule has 1 aliphatic heterocycles. The van der Waals surface area contributed by atoms with Crippen molar-refractivity contribution < 1.29 is 18.0 Å². The molecule has 0 aromatic heterocycles. The maximum Gasteiger partial charge on any atom is 0.391 e. The van der Waals surface area contributed by atoms with E-state index in [2.05, 4.69) is 10.6 Å². The van der Waals surface area contributed by atoms with E-state index in [9.17, 15) is 18.0 Å². The predicted octanol–water partition coefficient (Wildman–Crippen LogP) is 2.22. The lowest BCUT2D eigenvalue weighted by molar-refractivity contribution is -0.184. The van der Waals surface area contributed by atoms with Crippen LogP contribution in [-0.4, -0.2) is 31.2 Å². The van der Waals surface area contributed by atoms with E-state index < -0.39 is 12.1 Å². The van der Waals surface area contributed by atoms with Gasteiger partial charge in [-0.1, -0.05) is 0 Å². The van der Waals surface area contributed by atoms with Crippen LogP contribution in [0.25, 0.3) is 0 Å². The maximum absolute atomic E-state index is 12.5. The van der Waals surface area contributed by atoms with Crippen LogP contribution >= 0.6 is 0 Å². The van der Waals surface area contributed by atoms with Crippen LogP contribution in [0.4, 0.5) is 13.2 Å². The molecule has 1 saturated carbocycles. The molecule has 0 aromatic rings. The molecule has 0 bridgehead atoms. The van der Waals surface area contributed by atoms with Crippen molar-refractivity contribution in [2.75, 3.05) is 13.1 Å². The molecule has 2 N–H and O–H groups in total. The van der Waals surface area contributed by atoms with Crippen molar-refractivity contribution in [2.24, 2.45) is 11.8 Å². The maximum atomic E-state index is 12.5. The van der Waals surface area contributed by atoms with Crippen LogP contribution in [0.1, 0.15) is 38.5 Å². The number of rotatable bonds is 3. The van der Waals surface area contributed by atoms with Gasteiger partial charge in [-0.2, -0.15) is 13.2 Å². The van der Waals surface area contributed by atoms with Crippen molar-refractivity contribution in [2.45, 2.75) is 50.7 Å². The molecule has 1 saturated heterocycles. The first-order chi connectivity index (χ1) is 8.97. The van der Waals surface area contributed by atoms with Gasteiger partial charge in [-0.15, -0.1) is 0 Å². The Bertz CT molecular complexity index is 306. The molecule has 0 aromatic carbocycles. The molecular weight excluding hydrogens is 257 g/mol. The second-order valence-corrected chi connectivity index (χ2v) is 5.63. The molecule has 6 heteroatoms. The van der Waals surface area contributed by atoms with Gasteiger partial charge in [-0.25, -0.2) is 0 Å². The molecule has 2 fully saturated rings. The average Bonchev–Trinajstić information content (AvgIpc) is 2.88. The molecule has 1 aliphatic carbocycles. The zero-order chi connectivity index (χ0) is 13.9. The summed E-state index contributed by atoms with van der Waals surface area (Å²) in [6.45, 7) is 1.58. The fourth-order valence-electron chi connectivity index (χ4n) is 2.98. The van der Waals surface area contributed by atoms with Gasteiger partial charge < -0.3 is 10.6 Å². The second-order valence-electron chi connectivity index (χ2n) is 5.63. The summed E-state index contributed by atoms with van der Waals surface area (Å²) in [5.41, 5.74) is 0. The molecule has 2 aliphatic rings. The summed E-state index contributed by atoms with van der Waals surface area (Å²) in [5, 5.41) is 6.14. The Labute approximate surface area is 111 Å². The lowest BCUT2D eigenvalue weighted by Crippen LogP contribution is -2.41. The number of carbonyl (C=O) groups excluding carboxylic acids is 1. The first-order valence-electron chi connectivity index (χ1n) is 7.04. The highest BCUT2D eigenvalue weighted by atomic mass is 19.4. The van der Waals surface area contributed by atoms with Crippen LogP contribution in [0.15, 0.2) is 0 Å². The highest BCUT2D eigenvalue weighted by molar-refractivity contribution is 5.78. The molecule has 1 atom stereocenters. The van der Waals surface area contributed by atoms with Crippen molar-refractivity contribution in [3.63, 3.8) is 0 Å². The highest BCUT2D eigenvalue weighted by Gasteiger charge is 2.42.